The maximum atomic E-state index is 14.0. The van der Waals surface area contributed by atoms with E-state index in [2.05, 4.69) is 25.4 Å². The number of urea groups is 1. The largest absolute Gasteiger partial charge is 0.495 e. The first-order valence-electron chi connectivity index (χ1n) is 15.3. The molecule has 2 aromatic carbocycles. The first-order valence-corrected chi connectivity index (χ1v) is 15.3. The summed E-state index contributed by atoms with van der Waals surface area (Å²) < 4.78 is 5.58. The number of amides is 3. The van der Waals surface area contributed by atoms with Crippen molar-refractivity contribution in [3.05, 3.63) is 59.8 Å². The summed E-state index contributed by atoms with van der Waals surface area (Å²) >= 11 is 0. The Kier molecular flexibility index (Phi) is 9.69. The third-order valence-electron chi connectivity index (χ3n) is 8.89. The molecule has 0 radical (unpaired) electrons. The predicted molar refractivity (Wildman–Crippen MR) is 168 cm³/mol. The van der Waals surface area contributed by atoms with Crippen molar-refractivity contribution in [1.82, 2.24) is 25.0 Å². The van der Waals surface area contributed by atoms with Gasteiger partial charge in [-0.05, 0) is 56.3 Å². The zero-order valence-electron chi connectivity index (χ0n) is 25.5. The Morgan fingerprint density at radius 1 is 1.05 bits per heavy atom. The zero-order chi connectivity index (χ0) is 29.6. The fourth-order valence-electron chi connectivity index (χ4n) is 6.56. The van der Waals surface area contributed by atoms with Crippen molar-refractivity contribution in [3.63, 3.8) is 0 Å². The summed E-state index contributed by atoms with van der Waals surface area (Å²) in [5, 5.41) is 7.27. The number of H-pyrrole nitrogens is 1. The molecule has 226 valence electrons. The number of ether oxygens (including phenoxy) is 1. The van der Waals surface area contributed by atoms with Gasteiger partial charge in [-0.1, -0.05) is 50.5 Å². The van der Waals surface area contributed by atoms with Crippen molar-refractivity contribution in [2.75, 3.05) is 52.7 Å². The normalized spacial score (nSPS) is 18.2. The van der Waals surface area contributed by atoms with Gasteiger partial charge in [0.1, 0.15) is 11.8 Å². The second kappa shape index (κ2) is 13.6. The minimum atomic E-state index is -0.796. The van der Waals surface area contributed by atoms with E-state index < -0.39 is 6.04 Å². The summed E-state index contributed by atoms with van der Waals surface area (Å²) in [4.78, 5) is 37.5. The number of rotatable bonds is 9. The molecule has 3 amide bonds. The Morgan fingerprint density at radius 2 is 1.79 bits per heavy atom. The first kappa shape index (κ1) is 29.9. The van der Waals surface area contributed by atoms with Gasteiger partial charge in [0, 0.05) is 61.8 Å². The molecule has 1 aromatic heterocycles. The fourth-order valence-corrected chi connectivity index (χ4v) is 6.56. The molecule has 3 aromatic rings. The van der Waals surface area contributed by atoms with Gasteiger partial charge in [0.15, 0.2) is 0 Å². The molecule has 2 fully saturated rings. The van der Waals surface area contributed by atoms with Crippen molar-refractivity contribution >= 4 is 28.5 Å². The molecule has 0 bridgehead atoms. The van der Waals surface area contributed by atoms with Crippen molar-refractivity contribution < 1.29 is 14.3 Å². The number of aromatic amines is 1. The van der Waals surface area contributed by atoms with Crippen LogP contribution in [0.1, 0.15) is 56.1 Å². The van der Waals surface area contributed by atoms with Gasteiger partial charge in [-0.15, -0.1) is 0 Å². The van der Waals surface area contributed by atoms with Crippen LogP contribution in [0.5, 0.6) is 5.75 Å². The van der Waals surface area contributed by atoms with Crippen LogP contribution in [0.2, 0.25) is 0 Å². The number of methoxy groups -OCH3 is 1. The summed E-state index contributed by atoms with van der Waals surface area (Å²) in [6.07, 6.45) is 8.41. The van der Waals surface area contributed by atoms with Gasteiger partial charge < -0.3 is 30.2 Å². The summed E-state index contributed by atoms with van der Waals surface area (Å²) in [5.74, 6) is 0.0152. The number of para-hydroxylation sites is 1. The number of piperazine rings is 1. The van der Waals surface area contributed by atoms with Crippen LogP contribution in [0.3, 0.4) is 0 Å². The average molecular weight is 575 g/mol. The van der Waals surface area contributed by atoms with E-state index in [0.717, 1.165) is 41.7 Å². The lowest BCUT2D eigenvalue weighted by atomic mass is 9.92. The van der Waals surface area contributed by atoms with Crippen molar-refractivity contribution in [2.45, 2.75) is 63.6 Å². The van der Waals surface area contributed by atoms with E-state index in [1.54, 1.807) is 7.11 Å². The molecule has 3 N–H and O–H groups in total. The number of carbonyl (C=O) groups excluding carboxylic acids is 2. The van der Waals surface area contributed by atoms with Crippen LogP contribution in [-0.2, 0) is 11.3 Å². The van der Waals surface area contributed by atoms with E-state index in [9.17, 15) is 9.59 Å². The lowest BCUT2D eigenvalue weighted by Crippen LogP contribution is -2.57. The summed E-state index contributed by atoms with van der Waals surface area (Å²) in [6, 6.07) is 13.5. The van der Waals surface area contributed by atoms with E-state index >= 15 is 0 Å². The van der Waals surface area contributed by atoms with Gasteiger partial charge >= 0.3 is 6.03 Å². The summed E-state index contributed by atoms with van der Waals surface area (Å²) in [7, 11) is 5.61. The molecule has 1 saturated heterocycles. The molecular formula is C33H46N6O3. The van der Waals surface area contributed by atoms with Crippen molar-refractivity contribution in [1.29, 1.82) is 0 Å². The van der Waals surface area contributed by atoms with Crippen LogP contribution in [-0.4, -0.2) is 91.1 Å². The molecule has 1 saturated carbocycles. The molecule has 9 heteroatoms. The molecule has 0 spiro atoms. The highest BCUT2D eigenvalue weighted by Crippen LogP contribution is 2.31. The third kappa shape index (κ3) is 6.90. The van der Waals surface area contributed by atoms with Crippen LogP contribution in [0.25, 0.3) is 10.9 Å². The molecule has 1 aliphatic carbocycles. The number of benzene rings is 2. The molecule has 9 nitrogen and oxygen atoms in total. The van der Waals surface area contributed by atoms with Crippen LogP contribution in [0, 0.1) is 0 Å². The Morgan fingerprint density at radius 3 is 2.50 bits per heavy atom. The highest BCUT2D eigenvalue weighted by atomic mass is 16.5. The standard InChI is InChI=1S/C33H46N6O3/c1-23(27-21-34-28-13-9-8-12-26(27)28)31(32(40)35-29-20-24(22-37(2)3)14-15-30(29)42-4)36-33(41)39-18-16-38(17-19-39)25-10-6-5-7-11-25/h8-9,12-15,20-21,23,25,31,34H,5-7,10-11,16-19,22H2,1-4H3,(H,35,40)(H,36,41)/t23-,31+/m0/s1. The number of carbonyl (C=O) groups is 2. The maximum absolute atomic E-state index is 14.0. The number of nitrogens with one attached hydrogen (secondary N) is 3. The second-order valence-electron chi connectivity index (χ2n) is 12.1. The molecule has 5 rings (SSSR count). The van der Waals surface area contributed by atoms with Crippen LogP contribution in [0.4, 0.5) is 10.5 Å². The van der Waals surface area contributed by atoms with Crippen LogP contribution in [0.15, 0.2) is 48.7 Å². The first-order chi connectivity index (χ1) is 20.3. The monoisotopic (exact) mass is 574 g/mol. The minimum absolute atomic E-state index is 0.196. The quantitative estimate of drug-likeness (QED) is 0.334. The second-order valence-corrected chi connectivity index (χ2v) is 12.1. The molecule has 0 unspecified atom stereocenters. The van der Waals surface area contributed by atoms with Crippen LogP contribution < -0.4 is 15.4 Å². The zero-order valence-corrected chi connectivity index (χ0v) is 25.5. The average Bonchev–Trinajstić information content (AvgIpc) is 3.44. The van der Waals surface area contributed by atoms with E-state index in [1.807, 2.05) is 74.6 Å². The smallest absolute Gasteiger partial charge is 0.318 e. The predicted octanol–water partition coefficient (Wildman–Crippen LogP) is 5.01. The van der Waals surface area contributed by atoms with Crippen molar-refractivity contribution in [2.24, 2.45) is 0 Å². The van der Waals surface area contributed by atoms with Gasteiger partial charge in [-0.25, -0.2) is 4.79 Å². The molecular weight excluding hydrogens is 528 g/mol. The number of anilines is 1. The topological polar surface area (TPSA) is 92.9 Å². The Labute approximate surface area is 249 Å². The fraction of sp³-hybridized carbons (Fsp3) is 0.515. The molecule has 2 aliphatic rings. The van der Waals surface area contributed by atoms with E-state index in [0.29, 0.717) is 30.6 Å². The number of nitrogens with zero attached hydrogens (tertiary/aromatic N) is 3. The molecule has 42 heavy (non-hydrogen) atoms. The van der Waals surface area contributed by atoms with Gasteiger partial charge in [0.05, 0.1) is 12.8 Å². The Balaban J connectivity index is 1.35. The van der Waals surface area contributed by atoms with E-state index in [1.165, 1.54) is 32.1 Å². The number of hydrogen-bond acceptors (Lipinski definition) is 5. The van der Waals surface area contributed by atoms with Gasteiger partial charge in [-0.3, -0.25) is 9.69 Å². The lowest BCUT2D eigenvalue weighted by Gasteiger charge is -2.41. The molecule has 2 heterocycles. The number of fused-ring (bicyclic) bond motifs is 1. The lowest BCUT2D eigenvalue weighted by molar-refractivity contribution is -0.118. The highest BCUT2D eigenvalue weighted by Gasteiger charge is 2.33. The number of hydrogen-bond donors (Lipinski definition) is 3. The molecule has 1 aliphatic heterocycles. The third-order valence-corrected chi connectivity index (χ3v) is 8.89. The van der Waals surface area contributed by atoms with Crippen LogP contribution >= 0.6 is 0 Å². The maximum Gasteiger partial charge on any atom is 0.318 e. The molecule has 2 atom stereocenters. The SMILES string of the molecule is COc1ccc(CN(C)C)cc1NC(=O)[C@H](NC(=O)N1CCN(C2CCCCC2)CC1)[C@@H](C)c1c[nH]c2ccccc12. The van der Waals surface area contributed by atoms with Gasteiger partial charge in [0.25, 0.3) is 0 Å². The van der Waals surface area contributed by atoms with Crippen molar-refractivity contribution in [3.8, 4) is 5.75 Å². The summed E-state index contributed by atoms with van der Waals surface area (Å²) in [6.45, 7) is 5.81. The highest BCUT2D eigenvalue weighted by molar-refractivity contribution is 5.99. The Bertz CT molecular complexity index is 1360. The summed E-state index contributed by atoms with van der Waals surface area (Å²) in [5.41, 5.74) is 3.63. The Hall–Kier alpha value is -3.56. The van der Waals surface area contributed by atoms with E-state index in [4.69, 9.17) is 4.74 Å². The minimum Gasteiger partial charge on any atom is -0.495 e. The van der Waals surface area contributed by atoms with E-state index in [-0.39, 0.29) is 17.9 Å². The number of aromatic nitrogens is 1. The van der Waals surface area contributed by atoms with Gasteiger partial charge in [-0.2, -0.15) is 0 Å². The van der Waals surface area contributed by atoms with Gasteiger partial charge in [0.2, 0.25) is 5.91 Å².